The van der Waals surface area contributed by atoms with Crippen LogP contribution in [0.4, 0.5) is 0 Å². The summed E-state index contributed by atoms with van der Waals surface area (Å²) in [5.74, 6) is 0. The standard InChI is InChI=1S/2Al.5O.2Ta/q;;5*-2;2*+5. The van der Waals surface area contributed by atoms with Gasteiger partial charge in [0.15, 0.2) is 0 Å². The van der Waals surface area contributed by atoms with Crippen molar-refractivity contribution in [3.63, 3.8) is 0 Å². The molecule has 0 rings (SSSR count). The maximum atomic E-state index is 0. The van der Waals surface area contributed by atoms with E-state index in [4.69, 9.17) is 0 Å². The van der Waals surface area contributed by atoms with Gasteiger partial charge in [-0.2, -0.15) is 0 Å². The van der Waals surface area contributed by atoms with Crippen LogP contribution < -0.4 is 0 Å². The van der Waals surface area contributed by atoms with E-state index in [2.05, 4.69) is 0 Å². The summed E-state index contributed by atoms with van der Waals surface area (Å²) in [4.78, 5) is 0. The van der Waals surface area contributed by atoms with Crippen molar-refractivity contribution in [1.29, 1.82) is 0 Å². The molecule has 0 aromatic rings. The molecule has 0 aliphatic rings. The summed E-state index contributed by atoms with van der Waals surface area (Å²) < 4.78 is 0. The molecule has 0 unspecified atom stereocenters. The Hall–Kier alpha value is 2.35. The number of hydrogen-bond donors (Lipinski definition) is 0. The Labute approximate surface area is 106 Å². The minimum absolute atomic E-state index is 0. The van der Waals surface area contributed by atoms with Gasteiger partial charge in [0.1, 0.15) is 0 Å². The first kappa shape index (κ1) is 221. The van der Waals surface area contributed by atoms with E-state index < -0.39 is 0 Å². The predicted octanol–water partition coefficient (Wildman–Crippen LogP) is -1.36. The van der Waals surface area contributed by atoms with Crippen LogP contribution in [0.3, 0.4) is 0 Å². The maximum Gasteiger partial charge on any atom is 5.00 e. The Morgan fingerprint density at radius 2 is 0.333 bits per heavy atom. The van der Waals surface area contributed by atoms with Crippen LogP contribution in [0.5, 0.6) is 0 Å². The fourth-order valence-electron chi connectivity index (χ4n) is 0. The largest absolute Gasteiger partial charge is 5.00 e. The van der Waals surface area contributed by atoms with Crippen LogP contribution >= 0.6 is 0 Å². The molecule has 0 saturated carbocycles. The number of rotatable bonds is 0. The molecule has 0 aliphatic heterocycles. The molecule has 0 spiro atoms. The van der Waals surface area contributed by atoms with E-state index in [9.17, 15) is 0 Å². The molecule has 0 bridgehead atoms. The SMILES string of the molecule is [Al].[Al].[O-2].[O-2].[O-2].[O-2].[O-2].[Ta+5].[Ta+5]. The Kier molecular flexibility index (Phi) is 4030. The van der Waals surface area contributed by atoms with Gasteiger partial charge in [0.25, 0.3) is 0 Å². The molecule has 0 aromatic heterocycles. The zero-order valence-corrected chi connectivity index (χ0v) is 12.8. The predicted molar refractivity (Wildman–Crippen MR) is 14.9 cm³/mol. The summed E-state index contributed by atoms with van der Waals surface area (Å²) in [5, 5.41) is 0. The molecule has 0 atom stereocenters. The second-order valence-electron chi connectivity index (χ2n) is 0. The van der Waals surface area contributed by atoms with Crippen LogP contribution in [0.25, 0.3) is 0 Å². The van der Waals surface area contributed by atoms with Crippen molar-refractivity contribution in [2.75, 3.05) is 0 Å². The van der Waals surface area contributed by atoms with Crippen LogP contribution in [-0.4, -0.2) is 34.7 Å². The van der Waals surface area contributed by atoms with Crippen molar-refractivity contribution in [1.82, 2.24) is 0 Å². The molecule has 9 heavy (non-hydrogen) atoms. The van der Waals surface area contributed by atoms with Crippen molar-refractivity contribution < 1.29 is 72.1 Å². The minimum atomic E-state index is 0. The van der Waals surface area contributed by atoms with E-state index >= 15 is 0 Å². The second kappa shape index (κ2) is 164. The third kappa shape index (κ3) is 131. The first-order valence-corrected chi connectivity index (χ1v) is 0. The molecule has 0 aliphatic carbocycles. The Morgan fingerprint density at radius 1 is 0.333 bits per heavy atom. The van der Waals surface area contributed by atoms with Gasteiger partial charge in [-0.1, -0.05) is 0 Å². The van der Waals surface area contributed by atoms with Crippen LogP contribution in [0.1, 0.15) is 0 Å². The van der Waals surface area contributed by atoms with Crippen molar-refractivity contribution in [2.45, 2.75) is 0 Å². The first-order valence-electron chi connectivity index (χ1n) is 0. The average Bonchev–Trinajstić information content (AvgIpc) is 0. The van der Waals surface area contributed by atoms with Gasteiger partial charge in [-0.05, 0) is 0 Å². The monoisotopic (exact) mass is 496 g/mol. The van der Waals surface area contributed by atoms with Gasteiger partial charge in [-0.15, -0.1) is 0 Å². The number of hydrogen-bond acceptors (Lipinski definition) is 0. The minimum Gasteiger partial charge on any atom is -2.00 e. The average molecular weight is 496 g/mol. The second-order valence-corrected chi connectivity index (χ2v) is 0. The quantitative estimate of drug-likeness (QED) is 0.366. The van der Waals surface area contributed by atoms with Gasteiger partial charge < -0.3 is 27.4 Å². The molecule has 6 radical (unpaired) electrons. The summed E-state index contributed by atoms with van der Waals surface area (Å²) in [6.07, 6.45) is 0. The zero-order chi connectivity index (χ0) is 0. The van der Waals surface area contributed by atoms with Gasteiger partial charge in [0.05, 0.1) is 0 Å². The van der Waals surface area contributed by atoms with Gasteiger partial charge in [0.2, 0.25) is 0 Å². The summed E-state index contributed by atoms with van der Waals surface area (Å²) in [7, 11) is 0. The molecule has 0 saturated heterocycles. The van der Waals surface area contributed by atoms with Crippen molar-refractivity contribution in [3.05, 3.63) is 0 Å². The molecule has 0 heterocycles. The summed E-state index contributed by atoms with van der Waals surface area (Å²) in [5.41, 5.74) is 0. The van der Waals surface area contributed by atoms with E-state index in [-0.39, 0.29) is 107 Å². The Morgan fingerprint density at radius 3 is 0.333 bits per heavy atom. The van der Waals surface area contributed by atoms with Crippen LogP contribution in [-0.2, 0) is 72.1 Å². The summed E-state index contributed by atoms with van der Waals surface area (Å²) in [6.45, 7) is 0. The van der Waals surface area contributed by atoms with Crippen LogP contribution in [0, 0.1) is 0 Å². The van der Waals surface area contributed by atoms with Crippen LogP contribution in [0.15, 0.2) is 0 Å². The molecule has 0 N–H and O–H groups in total. The fourth-order valence-corrected chi connectivity index (χ4v) is 0. The normalized spacial score (nSPS) is 0. The van der Waals surface area contributed by atoms with E-state index in [1.54, 1.807) is 0 Å². The maximum absolute atomic E-state index is 0. The fraction of sp³-hybridized carbons (Fsp3) is 0. The molecule has 5 nitrogen and oxygen atoms in total. The molecule has 0 amide bonds. The van der Waals surface area contributed by atoms with Gasteiger partial charge in [-0.3, -0.25) is 0 Å². The topological polar surface area (TPSA) is 142 Å². The molecule has 46 valence electrons. The van der Waals surface area contributed by atoms with Gasteiger partial charge >= 0.3 is 44.8 Å². The van der Waals surface area contributed by atoms with Crippen molar-refractivity contribution >= 4 is 34.7 Å². The smallest absolute Gasteiger partial charge is 2.00 e. The third-order valence-corrected chi connectivity index (χ3v) is 0. The van der Waals surface area contributed by atoms with E-state index in [0.717, 1.165) is 0 Å². The third-order valence-electron chi connectivity index (χ3n) is 0. The van der Waals surface area contributed by atoms with Crippen LogP contribution in [0.2, 0.25) is 0 Å². The molecular formula is Al2O5Ta2. The summed E-state index contributed by atoms with van der Waals surface area (Å²) in [6, 6.07) is 0. The summed E-state index contributed by atoms with van der Waals surface area (Å²) >= 11 is 0. The first-order chi connectivity index (χ1) is 0. The van der Waals surface area contributed by atoms with E-state index in [0.29, 0.717) is 0 Å². The van der Waals surface area contributed by atoms with Gasteiger partial charge in [-0.25, -0.2) is 0 Å². The van der Waals surface area contributed by atoms with Crippen molar-refractivity contribution in [2.24, 2.45) is 0 Å². The Bertz CT molecular complexity index is 12.9. The molecule has 9 heteroatoms. The molecular weight excluding hydrogens is 496 g/mol. The zero-order valence-electron chi connectivity index (χ0n) is 4.09. The van der Waals surface area contributed by atoms with E-state index in [1.165, 1.54) is 0 Å². The van der Waals surface area contributed by atoms with E-state index in [1.807, 2.05) is 0 Å². The Balaban J connectivity index is 0. The van der Waals surface area contributed by atoms with Crippen molar-refractivity contribution in [3.8, 4) is 0 Å². The van der Waals surface area contributed by atoms with Gasteiger partial charge in [0, 0.05) is 34.7 Å². The molecule has 0 fully saturated rings. The molecule has 0 aromatic carbocycles.